The molecule has 2 aromatic carbocycles. The maximum atomic E-state index is 13.2. The van der Waals surface area contributed by atoms with Gasteiger partial charge in [0.15, 0.2) is 11.5 Å². The zero-order chi connectivity index (χ0) is 21.1. The van der Waals surface area contributed by atoms with Crippen LogP contribution in [-0.2, 0) is 0 Å². The van der Waals surface area contributed by atoms with E-state index < -0.39 is 0 Å². The van der Waals surface area contributed by atoms with Gasteiger partial charge in [-0.25, -0.2) is 4.68 Å². The van der Waals surface area contributed by atoms with Crippen molar-refractivity contribution in [2.45, 2.75) is 12.5 Å². The highest BCUT2D eigenvalue weighted by Crippen LogP contribution is 2.40. The zero-order valence-corrected chi connectivity index (χ0v) is 17.2. The van der Waals surface area contributed by atoms with Crippen LogP contribution in [0.25, 0.3) is 11.3 Å². The van der Waals surface area contributed by atoms with Crippen molar-refractivity contribution < 1.29 is 19.0 Å². The molecule has 1 aliphatic heterocycles. The summed E-state index contributed by atoms with van der Waals surface area (Å²) in [6, 6.07) is 13.4. The van der Waals surface area contributed by atoms with Gasteiger partial charge in [-0.2, -0.15) is 0 Å². The van der Waals surface area contributed by atoms with Crippen LogP contribution >= 0.6 is 0 Å². The molecule has 1 aliphatic rings. The molecule has 0 N–H and O–H groups in total. The summed E-state index contributed by atoms with van der Waals surface area (Å²) in [4.78, 5) is 15.0. The summed E-state index contributed by atoms with van der Waals surface area (Å²) in [5, 5.41) is 8.58. The Labute approximate surface area is 175 Å². The summed E-state index contributed by atoms with van der Waals surface area (Å²) in [6.07, 6.45) is 2.74. The molecule has 1 aromatic heterocycles. The first-order valence-electron chi connectivity index (χ1n) is 9.71. The van der Waals surface area contributed by atoms with Crippen molar-refractivity contribution in [3.8, 4) is 28.5 Å². The molecule has 3 aromatic rings. The number of rotatable bonds is 6. The average Bonchev–Trinajstić information content (AvgIpc) is 3.48. The number of aromatic nitrogens is 3. The van der Waals surface area contributed by atoms with Crippen molar-refractivity contribution in [1.29, 1.82) is 0 Å². The van der Waals surface area contributed by atoms with Crippen LogP contribution < -0.4 is 14.2 Å². The minimum Gasteiger partial charge on any atom is -0.493 e. The van der Waals surface area contributed by atoms with Gasteiger partial charge in [0.1, 0.15) is 5.69 Å². The fourth-order valence-electron chi connectivity index (χ4n) is 3.78. The average molecular weight is 408 g/mol. The molecule has 0 radical (unpaired) electrons. The minimum absolute atomic E-state index is 0.0741. The highest BCUT2D eigenvalue weighted by molar-refractivity contribution is 5.98. The molecule has 1 amide bonds. The molecule has 8 nitrogen and oxygen atoms in total. The van der Waals surface area contributed by atoms with E-state index in [0.717, 1.165) is 17.7 Å². The maximum absolute atomic E-state index is 13.2. The van der Waals surface area contributed by atoms with Gasteiger partial charge in [0.25, 0.3) is 5.91 Å². The van der Waals surface area contributed by atoms with Crippen molar-refractivity contribution in [3.05, 3.63) is 54.2 Å². The quantitative estimate of drug-likeness (QED) is 0.624. The normalized spacial score (nSPS) is 15.8. The Balaban J connectivity index is 1.53. The number of nitrogens with zero attached hydrogens (tertiary/aromatic N) is 4. The Bertz CT molecular complexity index is 1030. The fourth-order valence-corrected chi connectivity index (χ4v) is 3.78. The lowest BCUT2D eigenvalue weighted by Gasteiger charge is -2.20. The Kier molecular flexibility index (Phi) is 5.56. The molecule has 1 fully saturated rings. The van der Waals surface area contributed by atoms with E-state index in [1.165, 1.54) is 14.2 Å². The zero-order valence-electron chi connectivity index (χ0n) is 17.2. The van der Waals surface area contributed by atoms with Crippen LogP contribution in [0.5, 0.6) is 17.2 Å². The first-order valence-corrected chi connectivity index (χ1v) is 9.71. The fraction of sp³-hybridized carbons (Fsp3) is 0.318. The SMILES string of the molecule is COc1ccc(C(=O)N2CCC(n3cc(-c4ccccc4)nn3)C2)c(OC)c1OC. The molecule has 30 heavy (non-hydrogen) atoms. The smallest absolute Gasteiger partial charge is 0.257 e. The Hall–Kier alpha value is -3.55. The van der Waals surface area contributed by atoms with E-state index in [-0.39, 0.29) is 11.9 Å². The third kappa shape index (κ3) is 3.56. The van der Waals surface area contributed by atoms with Crippen LogP contribution in [0, 0.1) is 0 Å². The number of hydrogen-bond donors (Lipinski definition) is 0. The van der Waals surface area contributed by atoms with Crippen LogP contribution in [0.2, 0.25) is 0 Å². The van der Waals surface area contributed by atoms with Crippen molar-refractivity contribution >= 4 is 5.91 Å². The van der Waals surface area contributed by atoms with Gasteiger partial charge in [0.2, 0.25) is 5.75 Å². The predicted molar refractivity (Wildman–Crippen MR) is 111 cm³/mol. The summed E-state index contributed by atoms with van der Waals surface area (Å²) in [5.41, 5.74) is 2.28. The Morgan fingerprint density at radius 1 is 1.00 bits per heavy atom. The van der Waals surface area contributed by atoms with E-state index in [1.807, 2.05) is 41.2 Å². The Morgan fingerprint density at radius 3 is 2.47 bits per heavy atom. The molecule has 0 aliphatic carbocycles. The third-order valence-electron chi connectivity index (χ3n) is 5.34. The largest absolute Gasteiger partial charge is 0.493 e. The lowest BCUT2D eigenvalue weighted by atomic mass is 10.1. The maximum Gasteiger partial charge on any atom is 0.257 e. The summed E-state index contributed by atoms with van der Waals surface area (Å²) in [7, 11) is 4.59. The van der Waals surface area contributed by atoms with Gasteiger partial charge in [-0.1, -0.05) is 35.5 Å². The van der Waals surface area contributed by atoms with Crippen LogP contribution in [-0.4, -0.2) is 60.2 Å². The van der Waals surface area contributed by atoms with E-state index in [2.05, 4.69) is 10.3 Å². The van der Waals surface area contributed by atoms with Crippen molar-refractivity contribution in [2.24, 2.45) is 0 Å². The lowest BCUT2D eigenvalue weighted by Crippen LogP contribution is -2.29. The first kappa shape index (κ1) is 19.8. The van der Waals surface area contributed by atoms with Crippen LogP contribution in [0.4, 0.5) is 0 Å². The van der Waals surface area contributed by atoms with Crippen molar-refractivity contribution in [1.82, 2.24) is 19.9 Å². The summed E-state index contributed by atoms with van der Waals surface area (Å²) in [5.74, 6) is 1.18. The van der Waals surface area contributed by atoms with Gasteiger partial charge < -0.3 is 19.1 Å². The number of amides is 1. The van der Waals surface area contributed by atoms with E-state index in [1.54, 1.807) is 24.1 Å². The van der Waals surface area contributed by atoms with E-state index >= 15 is 0 Å². The van der Waals surface area contributed by atoms with Crippen LogP contribution in [0.15, 0.2) is 48.7 Å². The molecule has 0 saturated carbocycles. The second kappa shape index (κ2) is 8.44. The number of carbonyl (C=O) groups excluding carboxylic acids is 1. The number of ether oxygens (including phenoxy) is 3. The molecule has 1 saturated heterocycles. The number of hydrogen-bond acceptors (Lipinski definition) is 6. The van der Waals surface area contributed by atoms with Gasteiger partial charge in [-0.3, -0.25) is 4.79 Å². The summed E-state index contributed by atoms with van der Waals surface area (Å²) < 4.78 is 18.0. The number of carbonyl (C=O) groups is 1. The predicted octanol–water partition coefficient (Wildman–Crippen LogP) is 3.06. The second-order valence-corrected chi connectivity index (χ2v) is 7.03. The topological polar surface area (TPSA) is 78.7 Å². The summed E-state index contributed by atoms with van der Waals surface area (Å²) in [6.45, 7) is 1.18. The molecular weight excluding hydrogens is 384 g/mol. The number of benzene rings is 2. The molecule has 0 bridgehead atoms. The third-order valence-corrected chi connectivity index (χ3v) is 5.34. The van der Waals surface area contributed by atoms with Crippen LogP contribution in [0.3, 0.4) is 0 Å². The number of likely N-dealkylation sites (tertiary alicyclic amines) is 1. The Morgan fingerprint density at radius 2 is 1.77 bits per heavy atom. The highest BCUT2D eigenvalue weighted by Gasteiger charge is 2.31. The highest BCUT2D eigenvalue weighted by atomic mass is 16.5. The number of methoxy groups -OCH3 is 3. The molecule has 2 heterocycles. The van der Waals surface area contributed by atoms with E-state index in [0.29, 0.717) is 35.9 Å². The molecule has 156 valence electrons. The van der Waals surface area contributed by atoms with Crippen LogP contribution in [0.1, 0.15) is 22.8 Å². The van der Waals surface area contributed by atoms with Gasteiger partial charge >= 0.3 is 0 Å². The van der Waals surface area contributed by atoms with Gasteiger partial charge in [-0.05, 0) is 18.6 Å². The first-order chi connectivity index (χ1) is 14.7. The molecule has 1 atom stereocenters. The second-order valence-electron chi connectivity index (χ2n) is 7.03. The molecule has 1 unspecified atom stereocenters. The monoisotopic (exact) mass is 408 g/mol. The molecular formula is C22H24N4O4. The van der Waals surface area contributed by atoms with Crippen molar-refractivity contribution in [3.63, 3.8) is 0 Å². The van der Waals surface area contributed by atoms with E-state index in [4.69, 9.17) is 14.2 Å². The minimum atomic E-state index is -0.112. The molecule has 4 rings (SSSR count). The van der Waals surface area contributed by atoms with Crippen molar-refractivity contribution in [2.75, 3.05) is 34.4 Å². The lowest BCUT2D eigenvalue weighted by molar-refractivity contribution is 0.0782. The molecule has 0 spiro atoms. The standard InChI is InChI=1S/C22H24N4O4/c1-28-19-10-9-17(20(29-2)21(19)30-3)22(27)25-12-11-16(13-25)26-14-18(23-24-26)15-7-5-4-6-8-15/h4-10,14,16H,11-13H2,1-3H3. The van der Waals surface area contributed by atoms with Gasteiger partial charge in [0.05, 0.1) is 39.1 Å². The van der Waals surface area contributed by atoms with E-state index in [9.17, 15) is 4.79 Å². The van der Waals surface area contributed by atoms with Gasteiger partial charge in [-0.15, -0.1) is 5.10 Å². The summed E-state index contributed by atoms with van der Waals surface area (Å²) >= 11 is 0. The molecule has 8 heteroatoms. The van der Waals surface area contributed by atoms with Gasteiger partial charge in [0, 0.05) is 18.7 Å².